The van der Waals surface area contributed by atoms with Crippen molar-refractivity contribution in [2.75, 3.05) is 10.6 Å². The van der Waals surface area contributed by atoms with Crippen LogP contribution in [0.15, 0.2) is 66.9 Å². The van der Waals surface area contributed by atoms with Crippen LogP contribution in [0.5, 0.6) is 0 Å². The number of nitrogens with one attached hydrogen (secondary N) is 2. The number of carbonyl (C=O) groups excluding carboxylic acids is 1. The van der Waals surface area contributed by atoms with E-state index in [1.165, 1.54) is 6.07 Å². The Morgan fingerprint density at radius 2 is 1.88 bits per heavy atom. The lowest BCUT2D eigenvalue weighted by Crippen LogP contribution is -2.16. The van der Waals surface area contributed by atoms with Crippen molar-refractivity contribution in [3.63, 3.8) is 0 Å². The van der Waals surface area contributed by atoms with E-state index in [1.54, 1.807) is 30.5 Å². The zero-order valence-electron chi connectivity index (χ0n) is 13.8. The molecule has 0 saturated carbocycles. The zero-order chi connectivity index (χ0) is 17.6. The molecule has 0 saturated heterocycles. The fourth-order valence-electron chi connectivity index (χ4n) is 2.43. The van der Waals surface area contributed by atoms with Gasteiger partial charge in [0.1, 0.15) is 11.6 Å². The normalized spacial score (nSPS) is 10.3. The van der Waals surface area contributed by atoms with Crippen LogP contribution in [0.3, 0.4) is 0 Å². The molecule has 0 fully saturated rings. The van der Waals surface area contributed by atoms with Crippen LogP contribution in [0.1, 0.15) is 11.1 Å². The average Bonchev–Trinajstić information content (AvgIpc) is 2.59. The molecule has 5 heteroatoms. The number of rotatable bonds is 5. The molecule has 25 heavy (non-hydrogen) atoms. The Hall–Kier alpha value is -3.21. The van der Waals surface area contributed by atoms with Crippen LogP contribution in [0.4, 0.5) is 21.6 Å². The maximum atomic E-state index is 13.6. The number of pyridine rings is 1. The second kappa shape index (κ2) is 7.57. The third-order valence-corrected chi connectivity index (χ3v) is 3.65. The molecule has 3 rings (SSSR count). The van der Waals surface area contributed by atoms with E-state index in [2.05, 4.69) is 15.6 Å². The van der Waals surface area contributed by atoms with Crippen molar-refractivity contribution in [3.8, 4) is 0 Å². The van der Waals surface area contributed by atoms with Crippen LogP contribution in [0, 0.1) is 12.7 Å². The molecular weight excluding hydrogens is 317 g/mol. The fraction of sp³-hybridized carbons (Fsp3) is 0.100. The van der Waals surface area contributed by atoms with E-state index >= 15 is 0 Å². The molecule has 0 aliphatic carbocycles. The number of halogens is 1. The maximum absolute atomic E-state index is 13.6. The maximum Gasteiger partial charge on any atom is 0.230 e. The van der Waals surface area contributed by atoms with Crippen molar-refractivity contribution in [3.05, 3.63) is 83.8 Å². The lowest BCUT2D eigenvalue weighted by Gasteiger charge is -2.09. The highest BCUT2D eigenvalue weighted by Gasteiger charge is 2.08. The van der Waals surface area contributed by atoms with Crippen LogP contribution in [0.25, 0.3) is 0 Å². The molecule has 1 heterocycles. The number of anilines is 3. The molecular formula is C20H18FN3O. The molecule has 0 atom stereocenters. The van der Waals surface area contributed by atoms with E-state index in [0.717, 1.165) is 16.9 Å². The first kappa shape index (κ1) is 16.6. The molecule has 0 aliphatic rings. The summed E-state index contributed by atoms with van der Waals surface area (Å²) in [5.74, 6) is -0.267. The third kappa shape index (κ3) is 4.64. The van der Waals surface area contributed by atoms with Gasteiger partial charge in [-0.2, -0.15) is 0 Å². The fourth-order valence-corrected chi connectivity index (χ4v) is 2.43. The van der Waals surface area contributed by atoms with Gasteiger partial charge in [0.25, 0.3) is 0 Å². The van der Waals surface area contributed by atoms with Crippen molar-refractivity contribution in [2.24, 2.45) is 0 Å². The summed E-state index contributed by atoms with van der Waals surface area (Å²) in [6, 6.07) is 17.8. The minimum Gasteiger partial charge on any atom is -0.354 e. The molecule has 126 valence electrons. The summed E-state index contributed by atoms with van der Waals surface area (Å²) in [5, 5.41) is 5.92. The Bertz CT molecular complexity index is 878. The molecule has 1 amide bonds. The van der Waals surface area contributed by atoms with Crippen molar-refractivity contribution in [1.29, 1.82) is 0 Å². The van der Waals surface area contributed by atoms with E-state index in [4.69, 9.17) is 0 Å². The van der Waals surface area contributed by atoms with E-state index < -0.39 is 0 Å². The standard InChI is InChI=1S/C20H18FN3O/c1-14-5-4-7-16(11-14)23-17-9-10-19(22-13-17)24-20(25)12-15-6-2-3-8-18(15)21/h2-11,13,23H,12H2,1H3,(H,22,24,25). The van der Waals surface area contributed by atoms with Gasteiger partial charge in [-0.15, -0.1) is 0 Å². The summed E-state index contributed by atoms with van der Waals surface area (Å²) >= 11 is 0. The van der Waals surface area contributed by atoms with Crippen LogP contribution < -0.4 is 10.6 Å². The number of benzene rings is 2. The molecule has 0 aliphatic heterocycles. The van der Waals surface area contributed by atoms with Crippen LogP contribution >= 0.6 is 0 Å². The van der Waals surface area contributed by atoms with Gasteiger partial charge in [-0.1, -0.05) is 30.3 Å². The molecule has 2 N–H and O–H groups in total. The predicted octanol–water partition coefficient (Wildman–Crippen LogP) is 4.45. The first-order chi connectivity index (χ1) is 12.1. The van der Waals surface area contributed by atoms with E-state index in [0.29, 0.717) is 11.4 Å². The molecule has 2 aromatic carbocycles. The first-order valence-electron chi connectivity index (χ1n) is 7.93. The van der Waals surface area contributed by atoms with Gasteiger partial charge in [0, 0.05) is 5.69 Å². The monoisotopic (exact) mass is 335 g/mol. The highest BCUT2D eigenvalue weighted by Crippen LogP contribution is 2.18. The van der Waals surface area contributed by atoms with Crippen LogP contribution in [0.2, 0.25) is 0 Å². The average molecular weight is 335 g/mol. The Morgan fingerprint density at radius 1 is 1.04 bits per heavy atom. The smallest absolute Gasteiger partial charge is 0.230 e. The first-order valence-corrected chi connectivity index (χ1v) is 7.93. The summed E-state index contributed by atoms with van der Waals surface area (Å²) in [6.45, 7) is 2.03. The van der Waals surface area contributed by atoms with Gasteiger partial charge in [0.05, 0.1) is 18.3 Å². The summed E-state index contributed by atoms with van der Waals surface area (Å²) in [6.07, 6.45) is 1.61. The minimum atomic E-state index is -0.386. The number of amides is 1. The molecule has 0 radical (unpaired) electrons. The van der Waals surface area contributed by atoms with Gasteiger partial charge in [-0.3, -0.25) is 4.79 Å². The Balaban J connectivity index is 1.60. The topological polar surface area (TPSA) is 54.0 Å². The van der Waals surface area contributed by atoms with Crippen LogP contribution in [-0.2, 0) is 11.2 Å². The highest BCUT2D eigenvalue weighted by atomic mass is 19.1. The molecule has 1 aromatic heterocycles. The number of hydrogen-bond acceptors (Lipinski definition) is 3. The summed E-state index contributed by atoms with van der Waals surface area (Å²) in [4.78, 5) is 16.2. The van der Waals surface area contributed by atoms with Crippen molar-refractivity contribution in [1.82, 2.24) is 4.98 Å². The van der Waals surface area contributed by atoms with Crippen LogP contribution in [-0.4, -0.2) is 10.9 Å². The van der Waals surface area contributed by atoms with Gasteiger partial charge in [0.2, 0.25) is 5.91 Å². The summed E-state index contributed by atoms with van der Waals surface area (Å²) < 4.78 is 13.6. The van der Waals surface area contributed by atoms with Crippen molar-refractivity contribution in [2.45, 2.75) is 13.3 Å². The third-order valence-electron chi connectivity index (χ3n) is 3.65. The Labute approximate surface area is 145 Å². The Morgan fingerprint density at radius 3 is 2.60 bits per heavy atom. The van der Waals surface area contributed by atoms with E-state index in [-0.39, 0.29) is 18.1 Å². The van der Waals surface area contributed by atoms with E-state index in [9.17, 15) is 9.18 Å². The van der Waals surface area contributed by atoms with Gasteiger partial charge < -0.3 is 10.6 Å². The largest absolute Gasteiger partial charge is 0.354 e. The number of aromatic nitrogens is 1. The number of carbonyl (C=O) groups is 1. The second-order valence-electron chi connectivity index (χ2n) is 5.74. The quantitative estimate of drug-likeness (QED) is 0.724. The number of hydrogen-bond donors (Lipinski definition) is 2. The summed E-state index contributed by atoms with van der Waals surface area (Å²) in [5.41, 5.74) is 3.31. The molecule has 3 aromatic rings. The highest BCUT2D eigenvalue weighted by molar-refractivity contribution is 5.91. The van der Waals surface area contributed by atoms with Crippen molar-refractivity contribution >= 4 is 23.1 Å². The van der Waals surface area contributed by atoms with Gasteiger partial charge in [-0.05, 0) is 48.4 Å². The van der Waals surface area contributed by atoms with Gasteiger partial charge in [-0.25, -0.2) is 9.37 Å². The number of aryl methyl sites for hydroxylation is 1. The zero-order valence-corrected chi connectivity index (χ0v) is 13.8. The minimum absolute atomic E-state index is 0.0301. The molecule has 0 unspecified atom stereocenters. The second-order valence-corrected chi connectivity index (χ2v) is 5.74. The SMILES string of the molecule is Cc1cccc(Nc2ccc(NC(=O)Cc3ccccc3F)nc2)c1. The van der Waals surface area contributed by atoms with Gasteiger partial charge >= 0.3 is 0 Å². The van der Waals surface area contributed by atoms with E-state index in [1.807, 2.05) is 37.3 Å². The molecule has 0 spiro atoms. The molecule has 0 bridgehead atoms. The summed E-state index contributed by atoms with van der Waals surface area (Å²) in [7, 11) is 0. The predicted molar refractivity (Wildman–Crippen MR) is 97.4 cm³/mol. The van der Waals surface area contributed by atoms with Crippen molar-refractivity contribution < 1.29 is 9.18 Å². The lowest BCUT2D eigenvalue weighted by molar-refractivity contribution is -0.115. The number of nitrogens with zero attached hydrogens (tertiary/aromatic N) is 1. The lowest BCUT2D eigenvalue weighted by atomic mass is 10.1. The van der Waals surface area contributed by atoms with Gasteiger partial charge in [0.15, 0.2) is 0 Å². The Kier molecular flexibility index (Phi) is 5.04. The molecule has 4 nitrogen and oxygen atoms in total.